The standard InChI is InChI=1S/C34H36F2N10/c1-46(2)10-9-39-25-13-22(12-24(35)14-25)30-31-27(7-8-40-30)42-34(43-31)32-28-29(36)26(19-41-33(28)45-44-32)23-11-21(17-38-18-23)16-37-15-20-5-3-4-6-20/h7-8,11-14,17-20,37,39H,3-6,9-10,15-16H2,1-2H3,(H,42,43)(H,41,44,45). The molecule has 0 unspecified atom stereocenters. The number of nitrogens with one attached hydrogen (secondary N) is 4. The van der Waals surface area contributed by atoms with Crippen LogP contribution in [0.25, 0.3) is 56.0 Å². The third-order valence-corrected chi connectivity index (χ3v) is 8.56. The molecule has 1 fully saturated rings. The van der Waals surface area contributed by atoms with Gasteiger partial charge in [-0.05, 0) is 75.3 Å². The van der Waals surface area contributed by atoms with Crippen molar-refractivity contribution >= 4 is 27.8 Å². The van der Waals surface area contributed by atoms with Crippen molar-refractivity contribution in [1.29, 1.82) is 0 Å². The molecule has 4 N–H and O–H groups in total. The van der Waals surface area contributed by atoms with Crippen molar-refractivity contribution in [2.24, 2.45) is 5.92 Å². The number of halogens is 2. The third-order valence-electron chi connectivity index (χ3n) is 8.56. The lowest BCUT2D eigenvalue weighted by atomic mass is 10.0. The Kier molecular flexibility index (Phi) is 8.37. The number of H-pyrrole nitrogens is 2. The van der Waals surface area contributed by atoms with E-state index in [0.717, 1.165) is 24.6 Å². The highest BCUT2D eigenvalue weighted by Crippen LogP contribution is 2.35. The SMILES string of the molecule is CN(C)CCNc1cc(F)cc(-c2nccc3[nH]c(-c4[nH]nc5ncc(-c6cncc(CNCC7CCCC7)c6)c(F)c45)nc23)c1. The van der Waals surface area contributed by atoms with Gasteiger partial charge in [0.15, 0.2) is 11.5 Å². The molecule has 10 nitrogen and oxygen atoms in total. The monoisotopic (exact) mass is 622 g/mol. The predicted molar refractivity (Wildman–Crippen MR) is 176 cm³/mol. The van der Waals surface area contributed by atoms with Gasteiger partial charge in [-0.15, -0.1) is 0 Å². The predicted octanol–water partition coefficient (Wildman–Crippen LogP) is 6.16. The highest BCUT2D eigenvalue weighted by Gasteiger charge is 2.22. The van der Waals surface area contributed by atoms with E-state index in [1.807, 2.05) is 31.1 Å². The van der Waals surface area contributed by atoms with Crippen LogP contribution in [0.15, 0.2) is 55.1 Å². The van der Waals surface area contributed by atoms with Gasteiger partial charge in [-0.2, -0.15) is 5.10 Å². The van der Waals surface area contributed by atoms with Gasteiger partial charge in [0.05, 0.1) is 16.6 Å². The smallest absolute Gasteiger partial charge is 0.184 e. The molecule has 12 heteroatoms. The average Bonchev–Trinajstić information content (AvgIpc) is 3.81. The van der Waals surface area contributed by atoms with Crippen LogP contribution < -0.4 is 10.6 Å². The second-order valence-corrected chi connectivity index (χ2v) is 12.2. The molecule has 1 aliphatic rings. The number of nitrogens with zero attached hydrogens (tertiary/aromatic N) is 6. The number of likely N-dealkylation sites (N-methyl/N-ethyl adjacent to an activating group) is 1. The Morgan fingerprint density at radius 2 is 1.87 bits per heavy atom. The van der Waals surface area contributed by atoms with Crippen molar-refractivity contribution in [2.45, 2.75) is 32.2 Å². The maximum Gasteiger partial charge on any atom is 0.184 e. The normalized spacial score (nSPS) is 13.8. The molecular weight excluding hydrogens is 586 g/mol. The summed E-state index contributed by atoms with van der Waals surface area (Å²) in [7, 11) is 3.96. The molecule has 5 aromatic heterocycles. The molecule has 5 heterocycles. The van der Waals surface area contributed by atoms with Crippen molar-refractivity contribution in [3.8, 4) is 33.9 Å². The minimum atomic E-state index is -0.469. The highest BCUT2D eigenvalue weighted by molar-refractivity contribution is 5.96. The fourth-order valence-corrected chi connectivity index (χ4v) is 6.21. The molecule has 0 amide bonds. The van der Waals surface area contributed by atoms with Crippen molar-refractivity contribution < 1.29 is 8.78 Å². The van der Waals surface area contributed by atoms with Crippen LogP contribution >= 0.6 is 0 Å². The fourth-order valence-electron chi connectivity index (χ4n) is 6.21. The second kappa shape index (κ2) is 12.9. The van der Waals surface area contributed by atoms with Crippen LogP contribution in [0.3, 0.4) is 0 Å². The van der Waals surface area contributed by atoms with Gasteiger partial charge in [-0.3, -0.25) is 15.1 Å². The lowest BCUT2D eigenvalue weighted by Gasteiger charge is -2.12. The van der Waals surface area contributed by atoms with Gasteiger partial charge < -0.3 is 20.5 Å². The van der Waals surface area contributed by atoms with E-state index in [1.165, 1.54) is 44.0 Å². The summed E-state index contributed by atoms with van der Waals surface area (Å²) in [6, 6.07) is 8.46. The number of rotatable bonds is 11. The second-order valence-electron chi connectivity index (χ2n) is 12.2. The number of fused-ring (bicyclic) bond motifs is 2. The van der Waals surface area contributed by atoms with Crippen LogP contribution in [-0.4, -0.2) is 73.7 Å². The van der Waals surface area contributed by atoms with Gasteiger partial charge >= 0.3 is 0 Å². The first-order valence-electron chi connectivity index (χ1n) is 15.6. The summed E-state index contributed by atoms with van der Waals surface area (Å²) in [5.74, 6) is 0.242. The summed E-state index contributed by atoms with van der Waals surface area (Å²) in [4.78, 5) is 23.5. The van der Waals surface area contributed by atoms with Crippen LogP contribution in [0, 0.1) is 17.6 Å². The summed E-state index contributed by atoms with van der Waals surface area (Å²) < 4.78 is 31.0. The van der Waals surface area contributed by atoms with E-state index >= 15 is 4.39 Å². The molecule has 0 saturated heterocycles. The number of hydrogen-bond acceptors (Lipinski definition) is 8. The Morgan fingerprint density at radius 1 is 1.00 bits per heavy atom. The Balaban J connectivity index is 1.20. The zero-order valence-corrected chi connectivity index (χ0v) is 25.9. The first-order valence-corrected chi connectivity index (χ1v) is 15.6. The largest absolute Gasteiger partial charge is 0.384 e. The first kappa shape index (κ1) is 29.9. The van der Waals surface area contributed by atoms with Crippen molar-refractivity contribution in [3.05, 3.63) is 72.3 Å². The van der Waals surface area contributed by atoms with E-state index in [0.29, 0.717) is 63.7 Å². The topological polar surface area (TPSA) is 123 Å². The van der Waals surface area contributed by atoms with Crippen LogP contribution in [0.1, 0.15) is 31.2 Å². The first-order chi connectivity index (χ1) is 22.4. The van der Waals surface area contributed by atoms with Crippen LogP contribution in [-0.2, 0) is 6.54 Å². The molecule has 1 aromatic carbocycles. The molecule has 0 atom stereocenters. The molecule has 236 valence electrons. The van der Waals surface area contributed by atoms with Crippen molar-refractivity contribution in [2.75, 3.05) is 39.0 Å². The van der Waals surface area contributed by atoms with E-state index < -0.39 is 5.82 Å². The minimum Gasteiger partial charge on any atom is -0.384 e. The Morgan fingerprint density at radius 3 is 2.72 bits per heavy atom. The summed E-state index contributed by atoms with van der Waals surface area (Å²) in [6.45, 7) is 3.10. The molecule has 0 aliphatic heterocycles. The summed E-state index contributed by atoms with van der Waals surface area (Å²) in [5, 5.41) is 14.2. The Bertz CT molecular complexity index is 1990. The van der Waals surface area contributed by atoms with Gasteiger partial charge in [0.1, 0.15) is 22.8 Å². The van der Waals surface area contributed by atoms with Gasteiger partial charge in [0, 0.05) is 66.8 Å². The molecule has 1 saturated carbocycles. The van der Waals surface area contributed by atoms with E-state index in [1.54, 1.807) is 24.7 Å². The van der Waals surface area contributed by atoms with Gasteiger partial charge in [-0.1, -0.05) is 12.8 Å². The summed E-state index contributed by atoms with van der Waals surface area (Å²) in [5.41, 5.74) is 5.45. The van der Waals surface area contributed by atoms with E-state index in [9.17, 15) is 4.39 Å². The van der Waals surface area contributed by atoms with Crippen LogP contribution in [0.4, 0.5) is 14.5 Å². The molecule has 0 spiro atoms. The number of aromatic nitrogens is 7. The van der Waals surface area contributed by atoms with Gasteiger partial charge in [0.2, 0.25) is 0 Å². The van der Waals surface area contributed by atoms with Crippen LogP contribution in [0.2, 0.25) is 0 Å². The number of hydrogen-bond donors (Lipinski definition) is 4. The average molecular weight is 623 g/mol. The van der Waals surface area contributed by atoms with Crippen LogP contribution in [0.5, 0.6) is 0 Å². The molecule has 0 bridgehead atoms. The lowest BCUT2D eigenvalue weighted by Crippen LogP contribution is -2.20. The molecular formula is C34H36F2N10. The number of aromatic amines is 2. The molecule has 0 radical (unpaired) electrons. The van der Waals surface area contributed by atoms with Crippen molar-refractivity contribution in [1.82, 2.24) is 45.3 Å². The number of imidazole rings is 1. The van der Waals surface area contributed by atoms with Gasteiger partial charge in [0.25, 0.3) is 0 Å². The van der Waals surface area contributed by atoms with E-state index in [4.69, 9.17) is 4.98 Å². The summed E-state index contributed by atoms with van der Waals surface area (Å²) in [6.07, 6.45) is 11.7. The number of pyridine rings is 3. The molecule has 6 aromatic rings. The Hall–Kier alpha value is -4.81. The zero-order valence-electron chi connectivity index (χ0n) is 25.9. The fraction of sp³-hybridized carbons (Fsp3) is 0.324. The minimum absolute atomic E-state index is 0.217. The number of benzene rings is 1. The maximum atomic E-state index is 16.3. The van der Waals surface area contributed by atoms with Crippen molar-refractivity contribution in [3.63, 3.8) is 0 Å². The quantitative estimate of drug-likeness (QED) is 0.136. The molecule has 7 rings (SSSR count). The maximum absolute atomic E-state index is 16.3. The summed E-state index contributed by atoms with van der Waals surface area (Å²) >= 11 is 0. The lowest BCUT2D eigenvalue weighted by molar-refractivity contribution is 0.425. The van der Waals surface area contributed by atoms with E-state index in [2.05, 4.69) is 40.8 Å². The zero-order chi connectivity index (χ0) is 31.6. The highest BCUT2D eigenvalue weighted by atomic mass is 19.1. The van der Waals surface area contributed by atoms with Gasteiger partial charge in [-0.25, -0.2) is 18.7 Å². The van der Waals surface area contributed by atoms with E-state index in [-0.39, 0.29) is 16.9 Å². The molecule has 1 aliphatic carbocycles. The molecule has 46 heavy (non-hydrogen) atoms. The third kappa shape index (κ3) is 6.18. The Labute approximate surface area is 265 Å². The number of anilines is 1.